The highest BCUT2D eigenvalue weighted by atomic mass is 35.5. The third-order valence-electron chi connectivity index (χ3n) is 3.73. The van der Waals surface area contributed by atoms with E-state index in [4.69, 9.17) is 0 Å². The van der Waals surface area contributed by atoms with Crippen molar-refractivity contribution in [2.45, 2.75) is 32.6 Å². The third-order valence-corrected chi connectivity index (χ3v) is 3.73. The molecule has 1 aliphatic heterocycles. The fraction of sp³-hybridized carbons (Fsp3) is 0.500. The molecule has 0 radical (unpaired) electrons. The molecule has 5 nitrogen and oxygen atoms in total. The van der Waals surface area contributed by atoms with Crippen molar-refractivity contribution >= 4 is 35.6 Å². The maximum absolute atomic E-state index is 11.9. The lowest BCUT2D eigenvalue weighted by Gasteiger charge is -2.22. The van der Waals surface area contributed by atoms with Crippen LogP contribution in [0.1, 0.15) is 32.6 Å². The van der Waals surface area contributed by atoms with E-state index in [1.807, 2.05) is 0 Å². The average molecular weight is 326 g/mol. The van der Waals surface area contributed by atoms with E-state index in [0.717, 1.165) is 30.9 Å². The Morgan fingerprint density at radius 1 is 1.09 bits per heavy atom. The van der Waals surface area contributed by atoms with E-state index in [1.54, 1.807) is 24.3 Å². The molecule has 0 spiro atoms. The second kappa shape index (κ2) is 9.43. The molecule has 1 fully saturated rings. The minimum absolute atomic E-state index is 0. The summed E-state index contributed by atoms with van der Waals surface area (Å²) < 4.78 is 0. The van der Waals surface area contributed by atoms with Crippen molar-refractivity contribution < 1.29 is 9.59 Å². The molecule has 1 aromatic carbocycles. The van der Waals surface area contributed by atoms with E-state index in [0.29, 0.717) is 12.3 Å². The maximum atomic E-state index is 11.9. The lowest BCUT2D eigenvalue weighted by atomic mass is 9.93. The van der Waals surface area contributed by atoms with Crippen LogP contribution in [0.4, 0.5) is 11.4 Å². The number of benzene rings is 1. The van der Waals surface area contributed by atoms with E-state index in [1.165, 1.54) is 19.8 Å². The van der Waals surface area contributed by atoms with Crippen LogP contribution < -0.4 is 16.0 Å². The van der Waals surface area contributed by atoms with Gasteiger partial charge in [-0.25, -0.2) is 0 Å². The van der Waals surface area contributed by atoms with Crippen LogP contribution in [0.3, 0.4) is 0 Å². The number of rotatable bonds is 5. The molecule has 1 heterocycles. The van der Waals surface area contributed by atoms with Crippen molar-refractivity contribution in [3.63, 3.8) is 0 Å². The fourth-order valence-electron chi connectivity index (χ4n) is 2.57. The Balaban J connectivity index is 0.00000242. The Labute approximate surface area is 137 Å². The monoisotopic (exact) mass is 325 g/mol. The first-order chi connectivity index (χ1) is 10.1. The van der Waals surface area contributed by atoms with Gasteiger partial charge in [-0.2, -0.15) is 0 Å². The Kier molecular flexibility index (Phi) is 7.91. The summed E-state index contributed by atoms with van der Waals surface area (Å²) in [6, 6.07) is 7.16. The predicted octanol–water partition coefficient (Wildman–Crippen LogP) is 2.79. The van der Waals surface area contributed by atoms with Gasteiger partial charge in [0.05, 0.1) is 0 Å². The SMILES string of the molecule is CC(=O)Nc1ccc(NC(=O)CCC2CCNCC2)cc1.Cl. The van der Waals surface area contributed by atoms with E-state index in [2.05, 4.69) is 16.0 Å². The second-order valence-electron chi connectivity index (χ2n) is 5.54. The molecule has 0 aliphatic carbocycles. The summed E-state index contributed by atoms with van der Waals surface area (Å²) >= 11 is 0. The van der Waals surface area contributed by atoms with Gasteiger partial charge in [0.1, 0.15) is 0 Å². The van der Waals surface area contributed by atoms with Crippen molar-refractivity contribution in [1.82, 2.24) is 5.32 Å². The number of hydrogen-bond acceptors (Lipinski definition) is 3. The first-order valence-electron chi connectivity index (χ1n) is 7.52. The van der Waals surface area contributed by atoms with Crippen LogP contribution in [-0.4, -0.2) is 24.9 Å². The van der Waals surface area contributed by atoms with Crippen LogP contribution in [0.25, 0.3) is 0 Å². The van der Waals surface area contributed by atoms with Gasteiger partial charge in [-0.3, -0.25) is 9.59 Å². The van der Waals surface area contributed by atoms with Crippen LogP contribution in [-0.2, 0) is 9.59 Å². The van der Waals surface area contributed by atoms with Crippen LogP contribution in [0.15, 0.2) is 24.3 Å². The van der Waals surface area contributed by atoms with Gasteiger partial charge in [-0.15, -0.1) is 12.4 Å². The zero-order valence-corrected chi connectivity index (χ0v) is 13.7. The number of carbonyl (C=O) groups is 2. The smallest absolute Gasteiger partial charge is 0.224 e. The van der Waals surface area contributed by atoms with Gasteiger partial charge in [0.25, 0.3) is 0 Å². The summed E-state index contributed by atoms with van der Waals surface area (Å²) in [6.07, 6.45) is 3.85. The molecule has 22 heavy (non-hydrogen) atoms. The van der Waals surface area contributed by atoms with Gasteiger partial charge in [0, 0.05) is 24.7 Å². The first-order valence-corrected chi connectivity index (χ1v) is 7.52. The van der Waals surface area contributed by atoms with Crippen molar-refractivity contribution in [3.8, 4) is 0 Å². The van der Waals surface area contributed by atoms with E-state index in [-0.39, 0.29) is 24.2 Å². The number of piperidine rings is 1. The Morgan fingerprint density at radius 2 is 1.64 bits per heavy atom. The molecular weight excluding hydrogens is 302 g/mol. The molecule has 3 N–H and O–H groups in total. The molecule has 1 aliphatic rings. The minimum Gasteiger partial charge on any atom is -0.326 e. The highest BCUT2D eigenvalue weighted by Gasteiger charge is 2.14. The van der Waals surface area contributed by atoms with Crippen LogP contribution >= 0.6 is 12.4 Å². The number of anilines is 2. The van der Waals surface area contributed by atoms with Gasteiger partial charge in [0.2, 0.25) is 11.8 Å². The maximum Gasteiger partial charge on any atom is 0.224 e. The van der Waals surface area contributed by atoms with Crippen molar-refractivity contribution in [3.05, 3.63) is 24.3 Å². The highest BCUT2D eigenvalue weighted by molar-refractivity contribution is 5.92. The molecule has 1 saturated heterocycles. The largest absolute Gasteiger partial charge is 0.326 e. The molecule has 6 heteroatoms. The molecule has 0 aromatic heterocycles. The van der Waals surface area contributed by atoms with Gasteiger partial charge >= 0.3 is 0 Å². The van der Waals surface area contributed by atoms with Crippen LogP contribution in [0.2, 0.25) is 0 Å². The molecule has 122 valence electrons. The van der Waals surface area contributed by atoms with Gasteiger partial charge < -0.3 is 16.0 Å². The molecule has 0 atom stereocenters. The summed E-state index contributed by atoms with van der Waals surface area (Å²) in [6.45, 7) is 3.60. The second-order valence-corrected chi connectivity index (χ2v) is 5.54. The summed E-state index contributed by atoms with van der Waals surface area (Å²) in [4.78, 5) is 22.8. The van der Waals surface area contributed by atoms with E-state index >= 15 is 0 Å². The van der Waals surface area contributed by atoms with Crippen molar-refractivity contribution in [2.75, 3.05) is 23.7 Å². The first kappa shape index (κ1) is 18.5. The average Bonchev–Trinajstić information content (AvgIpc) is 2.48. The number of halogens is 1. The molecule has 2 amide bonds. The lowest BCUT2D eigenvalue weighted by molar-refractivity contribution is -0.116. The zero-order valence-electron chi connectivity index (χ0n) is 12.9. The van der Waals surface area contributed by atoms with E-state index < -0.39 is 0 Å². The number of hydrogen-bond donors (Lipinski definition) is 3. The van der Waals surface area contributed by atoms with Crippen LogP contribution in [0.5, 0.6) is 0 Å². The number of nitrogens with one attached hydrogen (secondary N) is 3. The molecule has 1 aromatic rings. The van der Waals surface area contributed by atoms with Gasteiger partial charge in [0.15, 0.2) is 0 Å². The summed E-state index contributed by atoms with van der Waals surface area (Å²) in [5.41, 5.74) is 1.50. The normalized spacial score (nSPS) is 14.8. The Morgan fingerprint density at radius 3 is 2.18 bits per heavy atom. The highest BCUT2D eigenvalue weighted by Crippen LogP contribution is 2.19. The van der Waals surface area contributed by atoms with Crippen molar-refractivity contribution in [1.29, 1.82) is 0 Å². The molecular formula is C16H24ClN3O2. The minimum atomic E-state index is -0.103. The fourth-order valence-corrected chi connectivity index (χ4v) is 2.57. The number of amides is 2. The standard InChI is InChI=1S/C16H23N3O2.ClH/c1-12(20)18-14-3-5-15(6-4-14)19-16(21)7-2-13-8-10-17-11-9-13;/h3-6,13,17H,2,7-11H2,1H3,(H,18,20)(H,19,21);1H. The molecule has 0 unspecified atom stereocenters. The quantitative estimate of drug-likeness (QED) is 0.779. The summed E-state index contributed by atoms with van der Waals surface area (Å²) in [7, 11) is 0. The van der Waals surface area contributed by atoms with E-state index in [9.17, 15) is 9.59 Å². The third kappa shape index (κ3) is 6.45. The number of carbonyl (C=O) groups excluding carboxylic acids is 2. The lowest BCUT2D eigenvalue weighted by Crippen LogP contribution is -2.28. The summed E-state index contributed by atoms with van der Waals surface area (Å²) in [5, 5.41) is 8.92. The van der Waals surface area contributed by atoms with Crippen molar-refractivity contribution in [2.24, 2.45) is 5.92 Å². The Bertz CT molecular complexity index is 485. The molecule has 2 rings (SSSR count). The van der Waals surface area contributed by atoms with Gasteiger partial charge in [-0.1, -0.05) is 0 Å². The molecule has 0 saturated carbocycles. The summed E-state index contributed by atoms with van der Waals surface area (Å²) in [5.74, 6) is 0.619. The Hall–Kier alpha value is -1.59. The van der Waals surface area contributed by atoms with Gasteiger partial charge in [-0.05, 0) is 62.5 Å². The topological polar surface area (TPSA) is 70.2 Å². The predicted molar refractivity (Wildman–Crippen MR) is 91.5 cm³/mol. The van der Waals surface area contributed by atoms with Crippen LogP contribution in [0, 0.1) is 5.92 Å². The molecule has 0 bridgehead atoms. The zero-order chi connectivity index (χ0) is 15.1.